The third-order valence-corrected chi connectivity index (χ3v) is 4.45. The van der Waals surface area contributed by atoms with E-state index < -0.39 is 0 Å². The van der Waals surface area contributed by atoms with E-state index in [0.29, 0.717) is 36.0 Å². The molecule has 152 valence electrons. The summed E-state index contributed by atoms with van der Waals surface area (Å²) in [6.07, 6.45) is 0. The van der Waals surface area contributed by atoms with Crippen LogP contribution in [0.25, 0.3) is 5.57 Å². The summed E-state index contributed by atoms with van der Waals surface area (Å²) in [7, 11) is 1.48. The highest BCUT2D eigenvalue weighted by Crippen LogP contribution is 2.31. The Bertz CT molecular complexity index is 915. The van der Waals surface area contributed by atoms with Crippen molar-refractivity contribution in [1.29, 1.82) is 0 Å². The van der Waals surface area contributed by atoms with E-state index in [1.54, 1.807) is 12.1 Å². The summed E-state index contributed by atoms with van der Waals surface area (Å²) >= 11 is 0. The number of hydrogen-bond acceptors (Lipinski definition) is 5. The van der Waals surface area contributed by atoms with Gasteiger partial charge in [-0.2, -0.15) is 0 Å². The van der Waals surface area contributed by atoms with E-state index in [1.807, 2.05) is 43.3 Å². The van der Waals surface area contributed by atoms with Gasteiger partial charge >= 0.3 is 0 Å². The van der Waals surface area contributed by atoms with E-state index in [0.717, 1.165) is 16.4 Å². The number of nitrogens with zero attached hydrogens (tertiary/aromatic N) is 1. The van der Waals surface area contributed by atoms with Gasteiger partial charge in [0.2, 0.25) is 0 Å². The number of carbonyl (C=O) groups is 2. The molecule has 0 radical (unpaired) electrons. The number of anilines is 1. The summed E-state index contributed by atoms with van der Waals surface area (Å²) in [5.74, 6) is 1.20. The average molecular weight is 394 g/mol. The van der Waals surface area contributed by atoms with Gasteiger partial charge < -0.3 is 14.8 Å². The van der Waals surface area contributed by atoms with Crippen LogP contribution in [0, 0.1) is 5.92 Å². The van der Waals surface area contributed by atoms with Gasteiger partial charge in [0, 0.05) is 12.7 Å². The van der Waals surface area contributed by atoms with Crippen molar-refractivity contribution in [2.45, 2.75) is 20.8 Å². The maximum Gasteiger partial charge on any atom is 0.277 e. The third kappa shape index (κ3) is 4.59. The lowest BCUT2D eigenvalue weighted by Gasteiger charge is -2.11. The Morgan fingerprint density at radius 1 is 0.897 bits per heavy atom. The molecule has 3 rings (SSSR count). The Hall–Kier alpha value is -3.28. The van der Waals surface area contributed by atoms with Gasteiger partial charge in [0.15, 0.2) is 0 Å². The highest BCUT2D eigenvalue weighted by Gasteiger charge is 2.36. The molecule has 0 aromatic heterocycles. The molecule has 1 heterocycles. The molecule has 0 spiro atoms. The molecule has 0 bridgehead atoms. The number of amides is 2. The van der Waals surface area contributed by atoms with Crippen LogP contribution in [0.2, 0.25) is 0 Å². The molecule has 0 saturated heterocycles. The Labute approximate surface area is 171 Å². The molecule has 6 nitrogen and oxygen atoms in total. The first-order valence-electron chi connectivity index (χ1n) is 9.70. The molecule has 2 aromatic carbocycles. The van der Waals surface area contributed by atoms with Gasteiger partial charge in [-0.15, -0.1) is 0 Å². The fourth-order valence-corrected chi connectivity index (χ4v) is 2.95. The van der Waals surface area contributed by atoms with Gasteiger partial charge in [-0.1, -0.05) is 26.0 Å². The van der Waals surface area contributed by atoms with E-state index in [2.05, 4.69) is 19.2 Å². The highest BCUT2D eigenvalue weighted by molar-refractivity contribution is 6.36. The number of likely N-dealkylation sites (N-methyl/N-ethyl adjacent to an activating group) is 1. The second-order valence-corrected chi connectivity index (χ2v) is 7.23. The summed E-state index contributed by atoms with van der Waals surface area (Å²) < 4.78 is 11.1. The Kier molecular flexibility index (Phi) is 6.22. The van der Waals surface area contributed by atoms with Crippen LogP contribution in [0.5, 0.6) is 11.5 Å². The van der Waals surface area contributed by atoms with E-state index in [9.17, 15) is 9.59 Å². The Morgan fingerprint density at radius 3 is 2.07 bits per heavy atom. The van der Waals surface area contributed by atoms with Crippen LogP contribution < -0.4 is 14.8 Å². The van der Waals surface area contributed by atoms with E-state index in [-0.39, 0.29) is 17.5 Å². The van der Waals surface area contributed by atoms with Crippen molar-refractivity contribution in [2.75, 3.05) is 25.6 Å². The lowest BCUT2D eigenvalue weighted by atomic mass is 10.0. The first kappa shape index (κ1) is 20.5. The van der Waals surface area contributed by atoms with E-state index in [4.69, 9.17) is 9.47 Å². The lowest BCUT2D eigenvalue weighted by Crippen LogP contribution is -2.27. The summed E-state index contributed by atoms with van der Waals surface area (Å²) in [6, 6.07) is 14.5. The minimum absolute atomic E-state index is 0.262. The number of rotatable bonds is 8. The van der Waals surface area contributed by atoms with Crippen LogP contribution in [0.3, 0.4) is 0 Å². The number of ether oxygens (including phenoxy) is 2. The van der Waals surface area contributed by atoms with Crippen LogP contribution in [0.1, 0.15) is 26.3 Å². The predicted molar refractivity (Wildman–Crippen MR) is 113 cm³/mol. The van der Waals surface area contributed by atoms with Crippen LogP contribution in [-0.4, -0.2) is 37.0 Å². The molecule has 0 atom stereocenters. The summed E-state index contributed by atoms with van der Waals surface area (Å²) in [6.45, 7) is 7.28. The summed E-state index contributed by atoms with van der Waals surface area (Å²) in [5.41, 5.74) is 1.98. The molecule has 0 fully saturated rings. The highest BCUT2D eigenvalue weighted by atomic mass is 16.5. The Morgan fingerprint density at radius 2 is 1.48 bits per heavy atom. The molecule has 6 heteroatoms. The second-order valence-electron chi connectivity index (χ2n) is 7.23. The zero-order valence-corrected chi connectivity index (χ0v) is 17.2. The monoisotopic (exact) mass is 394 g/mol. The van der Waals surface area contributed by atoms with Crippen molar-refractivity contribution >= 4 is 23.1 Å². The maximum absolute atomic E-state index is 12.7. The summed E-state index contributed by atoms with van der Waals surface area (Å²) in [4.78, 5) is 26.5. The largest absolute Gasteiger partial charge is 0.494 e. The van der Waals surface area contributed by atoms with Gasteiger partial charge in [0.25, 0.3) is 11.8 Å². The first-order valence-corrected chi connectivity index (χ1v) is 9.70. The second kappa shape index (κ2) is 8.82. The van der Waals surface area contributed by atoms with Crippen molar-refractivity contribution in [3.63, 3.8) is 0 Å². The topological polar surface area (TPSA) is 67.9 Å². The van der Waals surface area contributed by atoms with Gasteiger partial charge in [0.05, 0.1) is 18.8 Å². The van der Waals surface area contributed by atoms with Crippen LogP contribution >= 0.6 is 0 Å². The quantitative estimate of drug-likeness (QED) is 0.687. The van der Waals surface area contributed by atoms with Crippen molar-refractivity contribution in [3.05, 3.63) is 59.8 Å². The summed E-state index contributed by atoms with van der Waals surface area (Å²) in [5, 5.41) is 3.10. The molecule has 0 saturated carbocycles. The Balaban J connectivity index is 1.88. The zero-order valence-electron chi connectivity index (χ0n) is 17.2. The smallest absolute Gasteiger partial charge is 0.277 e. The minimum atomic E-state index is -0.362. The molecule has 0 unspecified atom stereocenters. The van der Waals surface area contributed by atoms with Crippen LogP contribution in [-0.2, 0) is 9.59 Å². The molecule has 2 amide bonds. The standard InChI is InChI=1S/C23H26N2O4/c1-5-28-18-12-8-17(9-13-18)24-21-20(22(26)25(4)23(21)27)16-6-10-19(11-7-16)29-14-15(2)3/h6-13,15,24H,5,14H2,1-4H3. The lowest BCUT2D eigenvalue weighted by molar-refractivity contribution is -0.135. The minimum Gasteiger partial charge on any atom is -0.494 e. The number of carbonyl (C=O) groups excluding carboxylic acids is 2. The van der Waals surface area contributed by atoms with Crippen molar-refractivity contribution in [2.24, 2.45) is 5.92 Å². The van der Waals surface area contributed by atoms with Gasteiger partial charge in [-0.3, -0.25) is 14.5 Å². The fraction of sp³-hybridized carbons (Fsp3) is 0.304. The van der Waals surface area contributed by atoms with E-state index >= 15 is 0 Å². The molecule has 1 N–H and O–H groups in total. The number of hydrogen-bond donors (Lipinski definition) is 1. The SMILES string of the molecule is CCOc1ccc(NC2=C(c3ccc(OCC(C)C)cc3)C(=O)N(C)C2=O)cc1. The van der Waals surface area contributed by atoms with Crippen LogP contribution in [0.15, 0.2) is 54.2 Å². The molecule has 1 aliphatic rings. The molecule has 0 aliphatic carbocycles. The normalized spacial score (nSPS) is 14.0. The molecule has 2 aromatic rings. The predicted octanol–water partition coefficient (Wildman–Crippen LogP) is 3.94. The van der Waals surface area contributed by atoms with Crippen molar-refractivity contribution in [3.8, 4) is 11.5 Å². The average Bonchev–Trinajstić information content (AvgIpc) is 2.92. The van der Waals surface area contributed by atoms with Gasteiger partial charge in [-0.05, 0) is 54.8 Å². The third-order valence-electron chi connectivity index (χ3n) is 4.45. The fourth-order valence-electron chi connectivity index (χ4n) is 2.95. The van der Waals surface area contributed by atoms with Crippen molar-refractivity contribution < 1.29 is 19.1 Å². The molecular formula is C23H26N2O4. The van der Waals surface area contributed by atoms with Crippen LogP contribution in [0.4, 0.5) is 5.69 Å². The van der Waals surface area contributed by atoms with Gasteiger partial charge in [-0.25, -0.2) is 0 Å². The maximum atomic E-state index is 12.7. The molecule has 1 aliphatic heterocycles. The number of benzene rings is 2. The molecule has 29 heavy (non-hydrogen) atoms. The van der Waals surface area contributed by atoms with Gasteiger partial charge in [0.1, 0.15) is 17.2 Å². The first-order chi connectivity index (χ1) is 13.9. The number of nitrogens with one attached hydrogen (secondary N) is 1. The number of imide groups is 1. The molecular weight excluding hydrogens is 368 g/mol. The van der Waals surface area contributed by atoms with E-state index in [1.165, 1.54) is 7.05 Å². The zero-order chi connectivity index (χ0) is 21.0. The van der Waals surface area contributed by atoms with Crippen molar-refractivity contribution in [1.82, 2.24) is 4.90 Å².